The van der Waals surface area contributed by atoms with E-state index in [4.69, 9.17) is 29.1 Å². The molecule has 3 aromatic rings. The van der Waals surface area contributed by atoms with E-state index in [2.05, 4.69) is 0 Å². The lowest BCUT2D eigenvalue weighted by Gasteiger charge is -2.17. The SMILES string of the molecule is COc1c(OC(C)C)cc2oc(Sc3ccc(OC(=O)CN)cc3)cc(=O)c2c1OC. The van der Waals surface area contributed by atoms with Crippen LogP contribution in [0.1, 0.15) is 13.8 Å². The molecule has 0 aliphatic carbocycles. The average molecular weight is 445 g/mol. The van der Waals surface area contributed by atoms with Gasteiger partial charge in [0.25, 0.3) is 0 Å². The van der Waals surface area contributed by atoms with Gasteiger partial charge in [-0.05, 0) is 38.1 Å². The summed E-state index contributed by atoms with van der Waals surface area (Å²) in [5.41, 5.74) is 5.28. The number of carbonyl (C=O) groups excluding carboxylic acids is 1. The Hall–Kier alpha value is -3.17. The van der Waals surface area contributed by atoms with Gasteiger partial charge in [0.15, 0.2) is 22.0 Å². The molecule has 0 saturated carbocycles. The molecule has 1 heterocycles. The van der Waals surface area contributed by atoms with Crippen LogP contribution in [0.5, 0.6) is 23.0 Å². The second kappa shape index (κ2) is 9.76. The van der Waals surface area contributed by atoms with Gasteiger partial charge in [-0.25, -0.2) is 0 Å². The Morgan fingerprint density at radius 2 is 1.77 bits per heavy atom. The van der Waals surface area contributed by atoms with Gasteiger partial charge in [-0.1, -0.05) is 11.8 Å². The number of nitrogens with two attached hydrogens (primary N) is 1. The molecule has 0 unspecified atom stereocenters. The lowest BCUT2D eigenvalue weighted by atomic mass is 10.1. The van der Waals surface area contributed by atoms with Crippen LogP contribution in [-0.4, -0.2) is 32.8 Å². The first-order valence-corrected chi connectivity index (χ1v) is 10.3. The van der Waals surface area contributed by atoms with Crippen molar-refractivity contribution in [1.29, 1.82) is 0 Å². The van der Waals surface area contributed by atoms with Gasteiger partial charge in [0.2, 0.25) is 5.75 Å². The molecule has 0 aliphatic heterocycles. The van der Waals surface area contributed by atoms with Crippen molar-refractivity contribution in [1.82, 2.24) is 0 Å². The lowest BCUT2D eigenvalue weighted by Crippen LogP contribution is -2.19. The van der Waals surface area contributed by atoms with Crippen molar-refractivity contribution < 1.29 is 28.2 Å². The van der Waals surface area contributed by atoms with E-state index in [0.29, 0.717) is 27.9 Å². The highest BCUT2D eigenvalue weighted by Crippen LogP contribution is 2.43. The van der Waals surface area contributed by atoms with Crippen molar-refractivity contribution >= 4 is 28.7 Å². The Balaban J connectivity index is 1.99. The Morgan fingerprint density at radius 1 is 1.10 bits per heavy atom. The molecule has 2 aromatic carbocycles. The van der Waals surface area contributed by atoms with E-state index in [9.17, 15) is 9.59 Å². The molecule has 0 spiro atoms. The molecule has 164 valence electrons. The van der Waals surface area contributed by atoms with Crippen molar-refractivity contribution in [3.8, 4) is 23.0 Å². The highest BCUT2D eigenvalue weighted by atomic mass is 32.2. The molecule has 3 rings (SSSR count). The first-order chi connectivity index (χ1) is 14.9. The monoisotopic (exact) mass is 445 g/mol. The van der Waals surface area contributed by atoms with Gasteiger partial charge in [-0.15, -0.1) is 0 Å². The molecular weight excluding hydrogens is 422 g/mol. The molecule has 0 amide bonds. The van der Waals surface area contributed by atoms with Crippen LogP contribution in [0, 0.1) is 0 Å². The topological polar surface area (TPSA) is 110 Å². The van der Waals surface area contributed by atoms with E-state index in [1.807, 2.05) is 13.8 Å². The largest absolute Gasteiger partial charge is 0.492 e. The second-order valence-corrected chi connectivity index (χ2v) is 7.74. The van der Waals surface area contributed by atoms with E-state index in [0.717, 1.165) is 4.90 Å². The third-order valence-corrected chi connectivity index (χ3v) is 4.99. The molecule has 0 atom stereocenters. The summed E-state index contributed by atoms with van der Waals surface area (Å²) in [6.07, 6.45) is -0.118. The van der Waals surface area contributed by atoms with Gasteiger partial charge in [0, 0.05) is 17.0 Å². The van der Waals surface area contributed by atoms with Gasteiger partial charge in [0.05, 0.1) is 26.9 Å². The number of fused-ring (bicyclic) bond motifs is 1. The third kappa shape index (κ3) is 5.12. The fourth-order valence-corrected chi connectivity index (χ4v) is 3.67. The molecule has 2 N–H and O–H groups in total. The van der Waals surface area contributed by atoms with E-state index in [1.54, 1.807) is 30.3 Å². The van der Waals surface area contributed by atoms with Crippen molar-refractivity contribution in [2.45, 2.75) is 29.9 Å². The highest BCUT2D eigenvalue weighted by molar-refractivity contribution is 7.99. The maximum absolute atomic E-state index is 12.9. The predicted octanol–water partition coefficient (Wildman–Crippen LogP) is 3.61. The summed E-state index contributed by atoms with van der Waals surface area (Å²) in [6, 6.07) is 9.78. The molecular formula is C22H23NO7S. The van der Waals surface area contributed by atoms with E-state index >= 15 is 0 Å². The molecule has 1 aromatic heterocycles. The summed E-state index contributed by atoms with van der Waals surface area (Å²) in [4.78, 5) is 24.9. The van der Waals surface area contributed by atoms with E-state index in [-0.39, 0.29) is 29.2 Å². The van der Waals surface area contributed by atoms with Crippen molar-refractivity contribution in [3.63, 3.8) is 0 Å². The number of esters is 1. The molecule has 0 aliphatic rings. The summed E-state index contributed by atoms with van der Waals surface area (Å²) in [7, 11) is 2.94. The molecule has 0 fully saturated rings. The van der Waals surface area contributed by atoms with Crippen LogP contribution in [-0.2, 0) is 4.79 Å². The number of hydrogen-bond acceptors (Lipinski definition) is 9. The van der Waals surface area contributed by atoms with Crippen LogP contribution in [0.4, 0.5) is 0 Å². The maximum atomic E-state index is 12.9. The fourth-order valence-electron chi connectivity index (χ4n) is 2.87. The standard InChI is InChI=1S/C22H23NO7S/c1-12(2)28-17-10-16-20(22(27-4)21(17)26-3)15(24)9-19(30-16)31-14-7-5-13(6-8-14)29-18(25)11-23/h5-10,12H,11,23H2,1-4H3. The summed E-state index contributed by atoms with van der Waals surface area (Å²) in [5, 5.41) is 0.649. The summed E-state index contributed by atoms with van der Waals surface area (Å²) in [5.74, 6) is 0.862. The summed E-state index contributed by atoms with van der Waals surface area (Å²) < 4.78 is 27.7. The Bertz CT molecular complexity index is 1140. The number of benzene rings is 2. The maximum Gasteiger partial charge on any atom is 0.325 e. The smallest absolute Gasteiger partial charge is 0.325 e. The number of hydrogen-bond donors (Lipinski definition) is 1. The van der Waals surface area contributed by atoms with Gasteiger partial charge in [0.1, 0.15) is 16.7 Å². The molecule has 8 nitrogen and oxygen atoms in total. The zero-order valence-corrected chi connectivity index (χ0v) is 18.4. The summed E-state index contributed by atoms with van der Waals surface area (Å²) >= 11 is 1.25. The van der Waals surface area contributed by atoms with Crippen LogP contribution in [0.2, 0.25) is 0 Å². The van der Waals surface area contributed by atoms with Crippen LogP contribution in [0.3, 0.4) is 0 Å². The summed E-state index contributed by atoms with van der Waals surface area (Å²) in [6.45, 7) is 3.57. The van der Waals surface area contributed by atoms with E-state index in [1.165, 1.54) is 32.0 Å². The van der Waals surface area contributed by atoms with Gasteiger partial charge < -0.3 is 29.1 Å². The zero-order chi connectivity index (χ0) is 22.5. The van der Waals surface area contributed by atoms with Gasteiger partial charge >= 0.3 is 5.97 Å². The zero-order valence-electron chi connectivity index (χ0n) is 17.6. The first kappa shape index (κ1) is 22.5. The van der Waals surface area contributed by atoms with Gasteiger partial charge in [-0.2, -0.15) is 0 Å². The molecule has 0 radical (unpaired) electrons. The predicted molar refractivity (Wildman–Crippen MR) is 117 cm³/mol. The molecule has 9 heteroatoms. The molecule has 31 heavy (non-hydrogen) atoms. The number of rotatable bonds is 8. The number of ether oxygens (including phenoxy) is 4. The van der Waals surface area contributed by atoms with Gasteiger partial charge in [-0.3, -0.25) is 9.59 Å². The molecule has 0 bridgehead atoms. The fraction of sp³-hybridized carbons (Fsp3) is 0.273. The quantitative estimate of drug-likeness (QED) is 0.410. The Labute approximate surface area is 183 Å². The minimum Gasteiger partial charge on any atom is -0.492 e. The van der Waals surface area contributed by atoms with Crippen LogP contribution >= 0.6 is 11.8 Å². The highest BCUT2D eigenvalue weighted by Gasteiger charge is 2.21. The minimum atomic E-state index is -0.523. The first-order valence-electron chi connectivity index (χ1n) is 9.44. The van der Waals surface area contributed by atoms with Crippen molar-refractivity contribution in [2.24, 2.45) is 5.73 Å². The van der Waals surface area contributed by atoms with Crippen LogP contribution in [0.15, 0.2) is 55.6 Å². The van der Waals surface area contributed by atoms with Crippen molar-refractivity contribution in [3.05, 3.63) is 46.6 Å². The number of methoxy groups -OCH3 is 2. The number of carbonyl (C=O) groups is 1. The normalized spacial score (nSPS) is 10.9. The minimum absolute atomic E-state index is 0.118. The third-order valence-electron chi connectivity index (χ3n) is 4.08. The van der Waals surface area contributed by atoms with Crippen LogP contribution < -0.4 is 30.1 Å². The van der Waals surface area contributed by atoms with E-state index < -0.39 is 5.97 Å². The average Bonchev–Trinajstić information content (AvgIpc) is 2.73. The Kier molecular flexibility index (Phi) is 7.09. The van der Waals surface area contributed by atoms with Crippen molar-refractivity contribution in [2.75, 3.05) is 20.8 Å². The van der Waals surface area contributed by atoms with Crippen LogP contribution in [0.25, 0.3) is 11.0 Å². The lowest BCUT2D eigenvalue weighted by molar-refractivity contribution is -0.132. The second-order valence-electron chi connectivity index (χ2n) is 6.66. The molecule has 0 saturated heterocycles. The Morgan fingerprint density at radius 3 is 2.35 bits per heavy atom.